The van der Waals surface area contributed by atoms with Gasteiger partial charge in [0.1, 0.15) is 0 Å². The molecule has 0 N–H and O–H groups in total. The molecule has 20 heavy (non-hydrogen) atoms. The second-order valence-corrected chi connectivity index (χ2v) is 6.42. The summed E-state index contributed by atoms with van der Waals surface area (Å²) in [5.74, 6) is 0.0138. The number of fused-ring (bicyclic) bond motifs is 1. The van der Waals surface area contributed by atoms with Crippen LogP contribution in [0.5, 0.6) is 0 Å². The number of carbonyl (C=O) groups excluding carboxylic acids is 1. The van der Waals surface area contributed by atoms with Crippen molar-refractivity contribution in [2.45, 2.75) is 24.3 Å². The Morgan fingerprint density at radius 2 is 2.05 bits per heavy atom. The van der Waals surface area contributed by atoms with E-state index >= 15 is 0 Å². The van der Waals surface area contributed by atoms with Crippen LogP contribution in [0.2, 0.25) is 0 Å². The Balaban J connectivity index is 2.03. The molecule has 1 atom stereocenters. The largest absolute Gasteiger partial charge is 0.305 e. The molecule has 2 nitrogen and oxygen atoms in total. The molecule has 0 saturated heterocycles. The normalized spacial score (nSPS) is 17.1. The van der Waals surface area contributed by atoms with E-state index in [1.54, 1.807) is 0 Å². The minimum atomic E-state index is 0.0138. The van der Waals surface area contributed by atoms with E-state index in [4.69, 9.17) is 0 Å². The maximum Gasteiger partial charge on any atom is 0.259 e. The third-order valence-corrected chi connectivity index (χ3v) is 4.48. The van der Waals surface area contributed by atoms with Crippen molar-refractivity contribution in [3.05, 3.63) is 58.1 Å². The van der Waals surface area contributed by atoms with Gasteiger partial charge in [-0.25, -0.2) is 0 Å². The summed E-state index contributed by atoms with van der Waals surface area (Å²) in [7, 11) is 0. The lowest BCUT2D eigenvalue weighted by atomic mass is 10.1. The number of halogens is 1. The minimum absolute atomic E-state index is 0.0138. The van der Waals surface area contributed by atoms with Gasteiger partial charge in [0.2, 0.25) is 0 Å². The molecule has 0 aromatic heterocycles. The predicted octanol–water partition coefficient (Wildman–Crippen LogP) is 4.33. The fourth-order valence-electron chi connectivity index (χ4n) is 2.69. The van der Waals surface area contributed by atoms with E-state index in [2.05, 4.69) is 41.5 Å². The van der Waals surface area contributed by atoms with Gasteiger partial charge in [0.15, 0.2) is 0 Å². The lowest BCUT2D eigenvalue weighted by molar-refractivity contribution is 0.0978. The Morgan fingerprint density at radius 1 is 1.30 bits per heavy atom. The van der Waals surface area contributed by atoms with E-state index in [1.165, 1.54) is 5.56 Å². The fraction of sp³-hybridized carbons (Fsp3) is 0.188. The summed E-state index contributed by atoms with van der Waals surface area (Å²) in [5, 5.41) is 0. The number of nitrogens with zero attached hydrogens (tertiary/aromatic N) is 1. The summed E-state index contributed by atoms with van der Waals surface area (Å²) in [5.41, 5.74) is 2.88. The zero-order valence-corrected chi connectivity index (χ0v) is 13.5. The van der Waals surface area contributed by atoms with Gasteiger partial charge in [-0.2, -0.15) is 0 Å². The van der Waals surface area contributed by atoms with Crippen LogP contribution in [-0.2, 0) is 6.42 Å². The molecule has 0 fully saturated rings. The first kappa shape index (κ1) is 13.7. The van der Waals surface area contributed by atoms with Gasteiger partial charge >= 0.3 is 0 Å². The Hall–Kier alpha value is -1.26. The number of hydrogen-bond donors (Lipinski definition) is 1. The van der Waals surface area contributed by atoms with E-state index in [1.807, 2.05) is 41.3 Å². The molecule has 0 bridgehead atoms. The second-order valence-electron chi connectivity index (χ2n) is 5.02. The average molecular weight is 348 g/mol. The SMILES string of the molecule is CC1Cc2ccccc2N1C(=O)c1ccc(Br)cc1S. The maximum atomic E-state index is 12.8. The van der Waals surface area contributed by atoms with Crippen molar-refractivity contribution in [1.82, 2.24) is 0 Å². The lowest BCUT2D eigenvalue weighted by Gasteiger charge is -2.23. The van der Waals surface area contributed by atoms with Gasteiger partial charge < -0.3 is 4.90 Å². The number of amides is 1. The lowest BCUT2D eigenvalue weighted by Crippen LogP contribution is -2.35. The average Bonchev–Trinajstić information content (AvgIpc) is 2.73. The van der Waals surface area contributed by atoms with Crippen LogP contribution < -0.4 is 4.90 Å². The van der Waals surface area contributed by atoms with Gasteiger partial charge in [0.05, 0.1) is 5.56 Å². The van der Waals surface area contributed by atoms with E-state index in [9.17, 15) is 4.79 Å². The molecule has 1 aliphatic rings. The first-order valence-electron chi connectivity index (χ1n) is 6.48. The standard InChI is InChI=1S/C16H14BrNOS/c1-10-8-11-4-2-3-5-14(11)18(10)16(19)13-7-6-12(17)9-15(13)20/h2-7,9-10,20H,8H2,1H3. The van der Waals surface area contributed by atoms with Crippen LogP contribution >= 0.6 is 28.6 Å². The van der Waals surface area contributed by atoms with E-state index in [0.717, 1.165) is 16.6 Å². The molecule has 0 aliphatic carbocycles. The van der Waals surface area contributed by atoms with Crippen LogP contribution in [0.3, 0.4) is 0 Å². The number of thiol groups is 1. The van der Waals surface area contributed by atoms with Crippen molar-refractivity contribution in [3.63, 3.8) is 0 Å². The number of para-hydroxylation sites is 1. The topological polar surface area (TPSA) is 20.3 Å². The monoisotopic (exact) mass is 347 g/mol. The molecule has 4 heteroatoms. The zero-order chi connectivity index (χ0) is 14.3. The van der Waals surface area contributed by atoms with Gasteiger partial charge in [-0.05, 0) is 43.2 Å². The Labute approximate surface area is 132 Å². The molecule has 102 valence electrons. The number of carbonyl (C=O) groups is 1. The van der Waals surface area contributed by atoms with Gasteiger partial charge in [-0.3, -0.25) is 4.79 Å². The molecule has 0 radical (unpaired) electrons. The highest BCUT2D eigenvalue weighted by molar-refractivity contribution is 9.10. The molecule has 1 aliphatic heterocycles. The first-order chi connectivity index (χ1) is 9.58. The Morgan fingerprint density at radius 3 is 2.80 bits per heavy atom. The molecular weight excluding hydrogens is 334 g/mol. The van der Waals surface area contributed by atoms with Gasteiger partial charge in [-0.1, -0.05) is 34.1 Å². The van der Waals surface area contributed by atoms with Crippen molar-refractivity contribution >= 4 is 40.2 Å². The van der Waals surface area contributed by atoms with E-state index in [0.29, 0.717) is 10.5 Å². The van der Waals surface area contributed by atoms with Gasteiger partial charge in [0, 0.05) is 21.1 Å². The fourth-order valence-corrected chi connectivity index (χ4v) is 3.54. The summed E-state index contributed by atoms with van der Waals surface area (Å²) < 4.78 is 0.925. The molecule has 2 aromatic rings. The number of anilines is 1. The van der Waals surface area contributed by atoms with Crippen LogP contribution in [-0.4, -0.2) is 11.9 Å². The number of rotatable bonds is 1. The van der Waals surface area contributed by atoms with Crippen LogP contribution in [0, 0.1) is 0 Å². The van der Waals surface area contributed by atoms with Crippen LogP contribution in [0.1, 0.15) is 22.8 Å². The van der Waals surface area contributed by atoms with Crippen molar-refractivity contribution < 1.29 is 4.79 Å². The van der Waals surface area contributed by atoms with Crippen LogP contribution in [0.25, 0.3) is 0 Å². The molecule has 0 spiro atoms. The molecule has 1 heterocycles. The minimum Gasteiger partial charge on any atom is -0.305 e. The Kier molecular flexibility index (Phi) is 3.61. The summed E-state index contributed by atoms with van der Waals surface area (Å²) in [6.45, 7) is 2.08. The smallest absolute Gasteiger partial charge is 0.259 e. The van der Waals surface area contributed by atoms with Gasteiger partial charge in [0.25, 0.3) is 5.91 Å². The molecule has 1 amide bonds. The van der Waals surface area contributed by atoms with Crippen molar-refractivity contribution in [1.29, 1.82) is 0 Å². The quantitative estimate of drug-likeness (QED) is 0.761. The predicted molar refractivity (Wildman–Crippen MR) is 87.8 cm³/mol. The van der Waals surface area contributed by atoms with Gasteiger partial charge in [-0.15, -0.1) is 12.6 Å². The van der Waals surface area contributed by atoms with E-state index in [-0.39, 0.29) is 11.9 Å². The zero-order valence-electron chi connectivity index (χ0n) is 11.0. The van der Waals surface area contributed by atoms with Crippen molar-refractivity contribution in [2.75, 3.05) is 4.90 Å². The summed E-state index contributed by atoms with van der Waals surface area (Å²) in [4.78, 5) is 15.4. The maximum absolute atomic E-state index is 12.8. The third-order valence-electron chi connectivity index (χ3n) is 3.62. The van der Waals surface area contributed by atoms with Crippen molar-refractivity contribution in [2.24, 2.45) is 0 Å². The molecule has 2 aromatic carbocycles. The highest BCUT2D eigenvalue weighted by Crippen LogP contribution is 2.34. The molecule has 3 rings (SSSR count). The highest BCUT2D eigenvalue weighted by Gasteiger charge is 2.31. The summed E-state index contributed by atoms with van der Waals surface area (Å²) in [6.07, 6.45) is 0.903. The second kappa shape index (κ2) is 5.26. The van der Waals surface area contributed by atoms with Crippen LogP contribution in [0.15, 0.2) is 51.8 Å². The summed E-state index contributed by atoms with van der Waals surface area (Å²) in [6, 6.07) is 13.8. The summed E-state index contributed by atoms with van der Waals surface area (Å²) >= 11 is 7.81. The van der Waals surface area contributed by atoms with E-state index < -0.39 is 0 Å². The first-order valence-corrected chi connectivity index (χ1v) is 7.72. The van der Waals surface area contributed by atoms with Crippen LogP contribution in [0.4, 0.5) is 5.69 Å². The highest BCUT2D eigenvalue weighted by atomic mass is 79.9. The number of hydrogen-bond acceptors (Lipinski definition) is 2. The number of benzene rings is 2. The third kappa shape index (κ3) is 2.27. The van der Waals surface area contributed by atoms with Crippen molar-refractivity contribution in [3.8, 4) is 0 Å². The Bertz CT molecular complexity index is 686. The molecular formula is C16H14BrNOS. The molecule has 0 saturated carbocycles. The molecule has 1 unspecified atom stereocenters.